The molecule has 11 heteroatoms. The molecule has 3 aromatic rings. The normalized spacial score (nSPS) is 11.1. The lowest BCUT2D eigenvalue weighted by atomic mass is 10.1. The van der Waals surface area contributed by atoms with Gasteiger partial charge in [0.15, 0.2) is 0 Å². The summed E-state index contributed by atoms with van der Waals surface area (Å²) < 4.78 is 41.6. The molecule has 8 nitrogen and oxygen atoms in total. The van der Waals surface area contributed by atoms with Gasteiger partial charge in [-0.15, -0.1) is 13.2 Å². The van der Waals surface area contributed by atoms with Gasteiger partial charge in [-0.05, 0) is 19.1 Å². The predicted octanol–water partition coefficient (Wildman–Crippen LogP) is 4.99. The van der Waals surface area contributed by atoms with Gasteiger partial charge in [-0.2, -0.15) is 4.98 Å². The van der Waals surface area contributed by atoms with Crippen LogP contribution in [0.2, 0.25) is 0 Å². The van der Waals surface area contributed by atoms with Crippen LogP contribution in [0, 0.1) is 10.1 Å². The van der Waals surface area contributed by atoms with Crippen molar-refractivity contribution in [3.8, 4) is 17.0 Å². The Morgan fingerprint density at radius 1 is 1.06 bits per heavy atom. The first-order valence-electron chi connectivity index (χ1n) is 9.20. The lowest BCUT2D eigenvalue weighted by Crippen LogP contribution is -2.17. The highest BCUT2D eigenvalue weighted by Gasteiger charge is 2.31. The first-order valence-corrected chi connectivity index (χ1v) is 9.20. The van der Waals surface area contributed by atoms with Crippen LogP contribution in [0.5, 0.6) is 5.75 Å². The van der Waals surface area contributed by atoms with Crippen LogP contribution in [0.25, 0.3) is 11.3 Å². The lowest BCUT2D eigenvalue weighted by Gasteiger charge is -2.12. The predicted molar refractivity (Wildman–Crippen MR) is 109 cm³/mol. The molecular weight excluding hydrogens is 415 g/mol. The number of anilines is 2. The van der Waals surface area contributed by atoms with Gasteiger partial charge < -0.3 is 15.4 Å². The number of nitro groups is 1. The third kappa shape index (κ3) is 6.04. The van der Waals surface area contributed by atoms with E-state index < -0.39 is 11.3 Å². The molecule has 0 amide bonds. The summed E-state index contributed by atoms with van der Waals surface area (Å²) in [4.78, 5) is 19.3. The van der Waals surface area contributed by atoms with Crippen LogP contribution in [0.1, 0.15) is 12.5 Å². The van der Waals surface area contributed by atoms with Crippen LogP contribution >= 0.6 is 0 Å². The number of halogens is 3. The Morgan fingerprint density at radius 2 is 1.84 bits per heavy atom. The van der Waals surface area contributed by atoms with Gasteiger partial charge in [-0.1, -0.05) is 30.3 Å². The summed E-state index contributed by atoms with van der Waals surface area (Å²) in [6.07, 6.45) is -4.81. The van der Waals surface area contributed by atoms with Gasteiger partial charge in [-0.3, -0.25) is 10.1 Å². The highest BCUT2D eigenvalue weighted by atomic mass is 19.4. The molecule has 0 bridgehead atoms. The van der Waals surface area contributed by atoms with Crippen molar-refractivity contribution in [2.24, 2.45) is 0 Å². The number of hydrogen-bond donors (Lipinski definition) is 2. The van der Waals surface area contributed by atoms with Crippen molar-refractivity contribution in [3.63, 3.8) is 0 Å². The van der Waals surface area contributed by atoms with Gasteiger partial charge in [0.05, 0.1) is 10.6 Å². The SMILES string of the molecule is CCNc1nc(NCc2ccccc2[N+](=O)[O-])cc(-c2cccc(OC(F)(F)F)c2)n1. The monoisotopic (exact) mass is 433 g/mol. The Balaban J connectivity index is 1.90. The molecule has 0 saturated carbocycles. The van der Waals surface area contributed by atoms with Crippen molar-refractivity contribution in [1.82, 2.24) is 9.97 Å². The van der Waals surface area contributed by atoms with Gasteiger partial charge in [0.25, 0.3) is 5.69 Å². The highest BCUT2D eigenvalue weighted by molar-refractivity contribution is 5.66. The topological polar surface area (TPSA) is 102 Å². The van der Waals surface area contributed by atoms with E-state index in [4.69, 9.17) is 0 Å². The van der Waals surface area contributed by atoms with Gasteiger partial charge in [0, 0.05) is 36.3 Å². The van der Waals surface area contributed by atoms with E-state index in [9.17, 15) is 23.3 Å². The number of aromatic nitrogens is 2. The average molecular weight is 433 g/mol. The number of hydrogen-bond acceptors (Lipinski definition) is 7. The van der Waals surface area contributed by atoms with Crippen molar-refractivity contribution in [3.05, 3.63) is 70.3 Å². The second-order valence-corrected chi connectivity index (χ2v) is 6.31. The number of benzene rings is 2. The molecule has 1 heterocycles. The smallest absolute Gasteiger partial charge is 0.406 e. The zero-order valence-electron chi connectivity index (χ0n) is 16.3. The van der Waals surface area contributed by atoms with Crippen LogP contribution < -0.4 is 15.4 Å². The third-order valence-corrected chi connectivity index (χ3v) is 4.07. The maximum absolute atomic E-state index is 12.5. The largest absolute Gasteiger partial charge is 0.573 e. The van der Waals surface area contributed by atoms with E-state index in [-0.39, 0.29) is 23.9 Å². The molecule has 0 aliphatic heterocycles. The fraction of sp³-hybridized carbons (Fsp3) is 0.200. The van der Waals surface area contributed by atoms with Gasteiger partial charge in [0.2, 0.25) is 5.95 Å². The van der Waals surface area contributed by atoms with Crippen LogP contribution in [-0.4, -0.2) is 27.8 Å². The lowest BCUT2D eigenvalue weighted by molar-refractivity contribution is -0.385. The first-order chi connectivity index (χ1) is 14.7. The Labute approximate surface area is 175 Å². The highest BCUT2D eigenvalue weighted by Crippen LogP contribution is 2.29. The van der Waals surface area contributed by atoms with E-state index in [2.05, 4.69) is 25.3 Å². The molecule has 0 saturated heterocycles. The summed E-state index contributed by atoms with van der Waals surface area (Å²) in [6, 6.07) is 13.3. The van der Waals surface area contributed by atoms with Crippen LogP contribution in [0.15, 0.2) is 54.6 Å². The molecule has 2 aromatic carbocycles. The maximum Gasteiger partial charge on any atom is 0.573 e. The van der Waals surface area contributed by atoms with E-state index in [1.807, 2.05) is 6.92 Å². The molecule has 0 atom stereocenters. The van der Waals surface area contributed by atoms with Gasteiger partial charge in [0.1, 0.15) is 11.6 Å². The maximum atomic E-state index is 12.5. The molecule has 0 radical (unpaired) electrons. The second-order valence-electron chi connectivity index (χ2n) is 6.31. The number of alkyl halides is 3. The van der Waals surface area contributed by atoms with Crippen molar-refractivity contribution >= 4 is 17.5 Å². The number of rotatable bonds is 8. The zero-order chi connectivity index (χ0) is 22.4. The van der Waals surface area contributed by atoms with Gasteiger partial charge in [-0.25, -0.2) is 4.98 Å². The van der Waals surface area contributed by atoms with Crippen LogP contribution in [-0.2, 0) is 6.54 Å². The molecule has 2 N–H and O–H groups in total. The summed E-state index contributed by atoms with van der Waals surface area (Å²) in [5.41, 5.74) is 1.16. The van der Waals surface area contributed by atoms with Crippen molar-refractivity contribution in [2.75, 3.05) is 17.2 Å². The van der Waals surface area contributed by atoms with E-state index >= 15 is 0 Å². The molecule has 3 rings (SSSR count). The van der Waals surface area contributed by atoms with E-state index in [0.29, 0.717) is 29.2 Å². The minimum Gasteiger partial charge on any atom is -0.406 e. The number of nitrogens with zero attached hydrogens (tertiary/aromatic N) is 3. The Hall–Kier alpha value is -3.89. The molecule has 31 heavy (non-hydrogen) atoms. The second kappa shape index (κ2) is 9.28. The van der Waals surface area contributed by atoms with Crippen molar-refractivity contribution in [2.45, 2.75) is 19.8 Å². The molecule has 0 aliphatic rings. The van der Waals surface area contributed by atoms with E-state index in [1.165, 1.54) is 24.3 Å². The minimum absolute atomic E-state index is 0.0341. The quantitative estimate of drug-likeness (QED) is 0.381. The fourth-order valence-corrected chi connectivity index (χ4v) is 2.80. The molecule has 0 aliphatic carbocycles. The molecular formula is C20H18F3N5O3. The summed E-state index contributed by atoms with van der Waals surface area (Å²) >= 11 is 0. The van der Waals surface area contributed by atoms with Crippen LogP contribution in [0.4, 0.5) is 30.6 Å². The van der Waals surface area contributed by atoms with Crippen LogP contribution in [0.3, 0.4) is 0 Å². The van der Waals surface area contributed by atoms with E-state index in [1.54, 1.807) is 30.3 Å². The van der Waals surface area contributed by atoms with Crippen molar-refractivity contribution < 1.29 is 22.8 Å². The summed E-state index contributed by atoms with van der Waals surface area (Å²) in [6.45, 7) is 2.48. The van der Waals surface area contributed by atoms with E-state index in [0.717, 1.165) is 0 Å². The number of ether oxygens (including phenoxy) is 1. The standard InChI is InChI=1S/C20H18F3N5O3/c1-2-24-19-26-16(13-7-5-8-15(10-13)31-20(21,22)23)11-18(27-19)25-12-14-6-3-4-9-17(14)28(29)30/h3-11H,2,12H2,1H3,(H2,24,25,26,27). The molecule has 0 spiro atoms. The zero-order valence-corrected chi connectivity index (χ0v) is 16.3. The Kier molecular flexibility index (Phi) is 6.53. The summed E-state index contributed by atoms with van der Waals surface area (Å²) in [5.74, 6) is 0.233. The molecule has 1 aromatic heterocycles. The number of nitro benzene ring substituents is 1. The average Bonchev–Trinajstić information content (AvgIpc) is 2.71. The summed E-state index contributed by atoms with van der Waals surface area (Å²) in [5, 5.41) is 17.2. The fourth-order valence-electron chi connectivity index (χ4n) is 2.80. The summed E-state index contributed by atoms with van der Waals surface area (Å²) in [7, 11) is 0. The van der Waals surface area contributed by atoms with Crippen molar-refractivity contribution in [1.29, 1.82) is 0 Å². The Bertz CT molecular complexity index is 1080. The molecule has 0 unspecified atom stereocenters. The molecule has 162 valence electrons. The number of para-hydroxylation sites is 1. The number of nitrogens with one attached hydrogen (secondary N) is 2. The first kappa shape index (κ1) is 21.8. The third-order valence-electron chi connectivity index (χ3n) is 4.07. The Morgan fingerprint density at radius 3 is 2.55 bits per heavy atom. The molecule has 0 fully saturated rings. The minimum atomic E-state index is -4.81. The van der Waals surface area contributed by atoms with Gasteiger partial charge >= 0.3 is 6.36 Å².